The molecule has 1 amide bonds. The predicted octanol–water partition coefficient (Wildman–Crippen LogP) is 3.83. The van der Waals surface area contributed by atoms with Crippen molar-refractivity contribution in [1.29, 1.82) is 0 Å². The summed E-state index contributed by atoms with van der Waals surface area (Å²) in [7, 11) is 0. The van der Waals surface area contributed by atoms with E-state index in [0.717, 1.165) is 31.2 Å². The number of carbonyl (C=O) groups is 1. The van der Waals surface area contributed by atoms with E-state index >= 15 is 0 Å². The Bertz CT molecular complexity index is 933. The summed E-state index contributed by atoms with van der Waals surface area (Å²) in [4.78, 5) is 27.1. The van der Waals surface area contributed by atoms with Crippen LogP contribution in [-0.4, -0.2) is 44.4 Å². The monoisotopic (exact) mass is 420 g/mol. The van der Waals surface area contributed by atoms with Crippen LogP contribution in [0.15, 0.2) is 24.5 Å². The molecule has 2 aliphatic heterocycles. The first kappa shape index (κ1) is 20.6. The van der Waals surface area contributed by atoms with Gasteiger partial charge in [0.15, 0.2) is 17.1 Å². The Hall–Kier alpha value is -2.71. The molecule has 0 aromatic carbocycles. The summed E-state index contributed by atoms with van der Waals surface area (Å²) in [6.07, 6.45) is 0.546. The van der Waals surface area contributed by atoms with E-state index in [-0.39, 0.29) is 23.9 Å². The second kappa shape index (κ2) is 7.85. The molecule has 9 heteroatoms. The molecule has 3 unspecified atom stereocenters. The first-order chi connectivity index (χ1) is 14.3. The zero-order chi connectivity index (χ0) is 21.5. The van der Waals surface area contributed by atoms with E-state index in [2.05, 4.69) is 15.0 Å². The van der Waals surface area contributed by atoms with E-state index in [1.165, 1.54) is 6.20 Å². The number of hydrogen-bond acceptors (Lipinski definition) is 5. The number of halogens is 3. The van der Waals surface area contributed by atoms with E-state index in [0.29, 0.717) is 30.2 Å². The lowest BCUT2D eigenvalue weighted by Crippen LogP contribution is -2.37. The number of aryl methyl sites for hydroxylation is 1. The highest BCUT2D eigenvalue weighted by atomic mass is 19.4. The second-order valence-corrected chi connectivity index (χ2v) is 7.83. The Kier molecular flexibility index (Phi) is 5.38. The Morgan fingerprint density at radius 2 is 2.03 bits per heavy atom. The van der Waals surface area contributed by atoms with Crippen LogP contribution >= 0.6 is 0 Å². The fourth-order valence-electron chi connectivity index (χ4n) is 4.62. The molecule has 160 valence electrons. The highest BCUT2D eigenvalue weighted by Gasteiger charge is 2.49. The molecular weight excluding hydrogens is 397 g/mol. The van der Waals surface area contributed by atoms with Gasteiger partial charge in [-0.15, -0.1) is 0 Å². The number of aromatic nitrogens is 3. The van der Waals surface area contributed by atoms with Crippen LogP contribution in [0, 0.1) is 12.8 Å². The fourth-order valence-corrected chi connectivity index (χ4v) is 4.62. The fraction of sp³-hybridized carbons (Fsp3) is 0.524. The van der Waals surface area contributed by atoms with Gasteiger partial charge >= 0.3 is 6.18 Å². The van der Waals surface area contributed by atoms with Gasteiger partial charge < -0.3 is 9.64 Å². The first-order valence-corrected chi connectivity index (χ1v) is 10.1. The topological polar surface area (TPSA) is 68.2 Å². The molecule has 0 spiro atoms. The molecule has 2 aromatic heterocycles. The summed E-state index contributed by atoms with van der Waals surface area (Å²) in [5.74, 6) is 0.472. The summed E-state index contributed by atoms with van der Waals surface area (Å²) >= 11 is 0. The molecule has 2 bridgehead atoms. The summed E-state index contributed by atoms with van der Waals surface area (Å²) in [5, 5.41) is 0. The van der Waals surface area contributed by atoms with Crippen molar-refractivity contribution < 1.29 is 22.7 Å². The molecule has 3 atom stereocenters. The molecule has 4 rings (SSSR count). The van der Waals surface area contributed by atoms with Crippen molar-refractivity contribution in [2.24, 2.45) is 5.92 Å². The minimum atomic E-state index is -4.50. The largest absolute Gasteiger partial charge is 0.491 e. The van der Waals surface area contributed by atoms with Crippen molar-refractivity contribution in [3.63, 3.8) is 0 Å². The van der Waals surface area contributed by atoms with Crippen molar-refractivity contribution >= 4 is 5.91 Å². The number of rotatable bonds is 5. The van der Waals surface area contributed by atoms with Gasteiger partial charge in [0.05, 0.1) is 18.5 Å². The summed E-state index contributed by atoms with van der Waals surface area (Å²) < 4.78 is 43.7. The third-order valence-corrected chi connectivity index (χ3v) is 5.87. The molecule has 0 saturated carbocycles. The summed E-state index contributed by atoms with van der Waals surface area (Å²) in [5.41, 5.74) is 0.579. The van der Waals surface area contributed by atoms with E-state index in [1.54, 1.807) is 6.07 Å². The third-order valence-electron chi connectivity index (χ3n) is 5.87. The van der Waals surface area contributed by atoms with E-state index in [1.807, 2.05) is 24.8 Å². The average Bonchev–Trinajstić information content (AvgIpc) is 3.26. The van der Waals surface area contributed by atoms with Gasteiger partial charge in [-0.05, 0) is 57.6 Å². The lowest BCUT2D eigenvalue weighted by Gasteiger charge is -2.25. The molecule has 6 nitrogen and oxygen atoms in total. The number of pyridine rings is 1. The van der Waals surface area contributed by atoms with Crippen LogP contribution in [0.3, 0.4) is 0 Å². The van der Waals surface area contributed by atoms with Gasteiger partial charge in [0, 0.05) is 24.0 Å². The van der Waals surface area contributed by atoms with Gasteiger partial charge in [-0.1, -0.05) is 0 Å². The normalized spacial score (nSPS) is 23.1. The number of hydrogen-bond donors (Lipinski definition) is 0. The molecule has 4 heterocycles. The predicted molar refractivity (Wildman–Crippen MR) is 102 cm³/mol. The van der Waals surface area contributed by atoms with Gasteiger partial charge in [-0.2, -0.15) is 13.2 Å². The van der Waals surface area contributed by atoms with Crippen LogP contribution in [0.4, 0.5) is 13.2 Å². The minimum absolute atomic E-state index is 0.0170. The number of nitrogens with zero attached hydrogens (tertiary/aromatic N) is 4. The Labute approximate surface area is 172 Å². The SMILES string of the molecule is CCOc1ccc(C)nc1C(=O)N1C2CCC1C(Cc1cnc(C(F)(F)F)cn1)C2. The zero-order valence-electron chi connectivity index (χ0n) is 16.8. The van der Waals surface area contributed by atoms with Crippen molar-refractivity contribution in [3.05, 3.63) is 47.3 Å². The maximum atomic E-state index is 13.3. The molecule has 0 aliphatic carbocycles. The van der Waals surface area contributed by atoms with Gasteiger partial charge in [0.1, 0.15) is 0 Å². The Morgan fingerprint density at radius 1 is 1.23 bits per heavy atom. The molecule has 2 aromatic rings. The van der Waals surface area contributed by atoms with Gasteiger partial charge in [0.2, 0.25) is 0 Å². The Morgan fingerprint density at radius 3 is 2.70 bits per heavy atom. The lowest BCUT2D eigenvalue weighted by atomic mass is 9.86. The summed E-state index contributed by atoms with van der Waals surface area (Å²) in [6.45, 7) is 4.12. The molecule has 2 fully saturated rings. The number of ether oxygens (including phenoxy) is 1. The van der Waals surface area contributed by atoms with Gasteiger partial charge in [0.25, 0.3) is 5.91 Å². The van der Waals surface area contributed by atoms with E-state index in [9.17, 15) is 18.0 Å². The molecular formula is C21H23F3N4O2. The van der Waals surface area contributed by atoms with Crippen molar-refractivity contribution in [2.45, 2.75) is 57.8 Å². The average molecular weight is 420 g/mol. The molecule has 2 saturated heterocycles. The van der Waals surface area contributed by atoms with Crippen LogP contribution in [-0.2, 0) is 12.6 Å². The van der Waals surface area contributed by atoms with Crippen molar-refractivity contribution in [2.75, 3.05) is 6.61 Å². The number of amides is 1. The highest BCUT2D eigenvalue weighted by Crippen LogP contribution is 2.44. The maximum Gasteiger partial charge on any atom is 0.434 e. The molecule has 2 aliphatic rings. The molecule has 30 heavy (non-hydrogen) atoms. The minimum Gasteiger partial charge on any atom is -0.491 e. The Balaban J connectivity index is 1.52. The van der Waals surface area contributed by atoms with Crippen molar-refractivity contribution in [3.8, 4) is 5.75 Å². The highest BCUT2D eigenvalue weighted by molar-refractivity contribution is 5.96. The van der Waals surface area contributed by atoms with Crippen LogP contribution in [0.1, 0.15) is 53.8 Å². The first-order valence-electron chi connectivity index (χ1n) is 10.1. The van der Waals surface area contributed by atoms with Crippen LogP contribution < -0.4 is 4.74 Å². The quantitative estimate of drug-likeness (QED) is 0.735. The van der Waals surface area contributed by atoms with E-state index in [4.69, 9.17) is 4.74 Å². The third kappa shape index (κ3) is 3.85. The number of fused-ring (bicyclic) bond motifs is 2. The number of alkyl halides is 3. The molecule has 0 N–H and O–H groups in total. The number of carbonyl (C=O) groups excluding carboxylic acids is 1. The maximum absolute atomic E-state index is 13.3. The van der Waals surface area contributed by atoms with Crippen LogP contribution in [0.25, 0.3) is 0 Å². The van der Waals surface area contributed by atoms with Crippen LogP contribution in [0.5, 0.6) is 5.75 Å². The lowest BCUT2D eigenvalue weighted by molar-refractivity contribution is -0.141. The summed E-state index contributed by atoms with van der Waals surface area (Å²) in [6, 6.07) is 3.70. The molecule has 0 radical (unpaired) electrons. The standard InChI is InChI=1S/C21H23F3N4O2/c1-3-30-17-7-4-12(2)27-19(17)20(29)28-15-5-6-16(28)13(9-15)8-14-10-26-18(11-25-14)21(22,23)24/h4,7,10-11,13,15-16H,3,5-6,8-9H2,1-2H3. The van der Waals surface area contributed by atoms with Gasteiger partial charge in [-0.3, -0.25) is 9.78 Å². The van der Waals surface area contributed by atoms with Gasteiger partial charge in [-0.25, -0.2) is 9.97 Å². The zero-order valence-corrected chi connectivity index (χ0v) is 16.8. The second-order valence-electron chi connectivity index (χ2n) is 7.83. The smallest absolute Gasteiger partial charge is 0.434 e. The van der Waals surface area contributed by atoms with E-state index < -0.39 is 11.9 Å². The van der Waals surface area contributed by atoms with Crippen molar-refractivity contribution in [1.82, 2.24) is 19.9 Å². The van der Waals surface area contributed by atoms with Crippen LogP contribution in [0.2, 0.25) is 0 Å².